The molecule has 5 heteroatoms. The molecule has 3 rings (SSSR count). The highest BCUT2D eigenvalue weighted by Crippen LogP contribution is 2.37. The lowest BCUT2D eigenvalue weighted by atomic mass is 9.97. The van der Waals surface area contributed by atoms with Crippen molar-refractivity contribution in [2.75, 3.05) is 25.0 Å². The van der Waals surface area contributed by atoms with Crippen molar-refractivity contribution in [3.63, 3.8) is 0 Å². The smallest absolute Gasteiger partial charge is 0.231 e. The Labute approximate surface area is 105 Å². The number of amides is 1. The zero-order valence-corrected chi connectivity index (χ0v) is 10.1. The lowest BCUT2D eigenvalue weighted by Gasteiger charge is -2.24. The Morgan fingerprint density at radius 3 is 3.00 bits per heavy atom. The molecule has 96 valence electrons. The first-order chi connectivity index (χ1) is 8.66. The number of carbonyl (C=O) groups excluding carboxylic acids is 1. The summed E-state index contributed by atoms with van der Waals surface area (Å²) in [5.41, 5.74) is 1.84. The van der Waals surface area contributed by atoms with Crippen LogP contribution in [0.1, 0.15) is 30.1 Å². The molecule has 1 aromatic rings. The summed E-state index contributed by atoms with van der Waals surface area (Å²) in [5, 5.41) is 5.79. The highest BCUT2D eigenvalue weighted by Gasteiger charge is 2.30. The van der Waals surface area contributed by atoms with Crippen molar-refractivity contribution in [2.24, 2.45) is 0 Å². The van der Waals surface area contributed by atoms with Gasteiger partial charge in [-0.15, -0.1) is 0 Å². The Morgan fingerprint density at radius 1 is 1.44 bits per heavy atom. The Morgan fingerprint density at radius 2 is 2.28 bits per heavy atom. The monoisotopic (exact) mass is 250 g/mol. The summed E-state index contributed by atoms with van der Waals surface area (Å²) in [6, 6.07) is 3.33. The predicted molar refractivity (Wildman–Crippen MR) is 65.0 cm³/mol. The van der Waals surface area contributed by atoms with E-state index < -0.39 is 0 Å². The predicted octanol–water partition coefficient (Wildman–Crippen LogP) is 1.54. The molecule has 0 saturated carbocycles. The minimum Gasteiger partial charge on any atom is -0.371 e. The molecule has 2 aliphatic rings. The SMILES string of the molecule is CC1C(=O)Nc2c(F)cc(C3CNCCO3)cc21. The molecule has 2 atom stereocenters. The average Bonchev–Trinajstić information content (AvgIpc) is 2.68. The molecule has 18 heavy (non-hydrogen) atoms. The maximum Gasteiger partial charge on any atom is 0.231 e. The van der Waals surface area contributed by atoms with Gasteiger partial charge in [-0.25, -0.2) is 4.39 Å². The van der Waals surface area contributed by atoms with Crippen molar-refractivity contribution in [3.8, 4) is 0 Å². The first kappa shape index (κ1) is 11.6. The van der Waals surface area contributed by atoms with Crippen LogP contribution in [0.3, 0.4) is 0 Å². The second kappa shape index (κ2) is 4.33. The molecule has 1 saturated heterocycles. The summed E-state index contributed by atoms with van der Waals surface area (Å²) in [6.45, 7) is 3.90. The first-order valence-corrected chi connectivity index (χ1v) is 6.13. The highest BCUT2D eigenvalue weighted by molar-refractivity contribution is 6.02. The standard InChI is InChI=1S/C13H15FN2O2/c1-7-9-4-8(11-6-15-2-3-18-11)5-10(14)12(9)16-13(7)17/h4-5,7,11,15H,2-3,6H2,1H3,(H,16,17). The summed E-state index contributed by atoms with van der Waals surface area (Å²) in [7, 11) is 0. The van der Waals surface area contributed by atoms with E-state index in [-0.39, 0.29) is 23.7 Å². The summed E-state index contributed by atoms with van der Waals surface area (Å²) in [6.07, 6.45) is -0.138. The number of hydrogen-bond donors (Lipinski definition) is 2. The lowest BCUT2D eigenvalue weighted by molar-refractivity contribution is -0.116. The molecule has 0 bridgehead atoms. The van der Waals surface area contributed by atoms with Crippen molar-refractivity contribution >= 4 is 11.6 Å². The van der Waals surface area contributed by atoms with Crippen LogP contribution in [0.4, 0.5) is 10.1 Å². The molecular formula is C13H15FN2O2. The third-order valence-electron chi connectivity index (χ3n) is 3.55. The number of benzene rings is 1. The fourth-order valence-electron chi connectivity index (χ4n) is 2.46. The Hall–Kier alpha value is -1.46. The maximum atomic E-state index is 14.0. The number of nitrogens with one attached hydrogen (secondary N) is 2. The molecular weight excluding hydrogens is 235 g/mol. The maximum absolute atomic E-state index is 14.0. The normalized spacial score (nSPS) is 26.9. The number of hydrogen-bond acceptors (Lipinski definition) is 3. The second-order valence-corrected chi connectivity index (χ2v) is 4.74. The number of ether oxygens (including phenoxy) is 1. The van der Waals surface area contributed by atoms with Crippen LogP contribution in [-0.2, 0) is 9.53 Å². The van der Waals surface area contributed by atoms with Crippen molar-refractivity contribution in [1.82, 2.24) is 5.32 Å². The minimum absolute atomic E-state index is 0.138. The van der Waals surface area contributed by atoms with E-state index in [2.05, 4.69) is 10.6 Å². The van der Waals surface area contributed by atoms with Crippen molar-refractivity contribution < 1.29 is 13.9 Å². The van der Waals surface area contributed by atoms with Crippen LogP contribution in [0, 0.1) is 5.82 Å². The molecule has 0 spiro atoms. The minimum atomic E-state index is -0.380. The fourth-order valence-corrected chi connectivity index (χ4v) is 2.46. The highest BCUT2D eigenvalue weighted by atomic mass is 19.1. The van der Waals surface area contributed by atoms with Crippen molar-refractivity contribution in [2.45, 2.75) is 18.9 Å². The van der Waals surface area contributed by atoms with E-state index >= 15 is 0 Å². The van der Waals surface area contributed by atoms with Gasteiger partial charge in [0.2, 0.25) is 5.91 Å². The average molecular weight is 250 g/mol. The molecule has 2 aliphatic heterocycles. The quantitative estimate of drug-likeness (QED) is 0.795. The number of fused-ring (bicyclic) bond motifs is 1. The van der Waals surface area contributed by atoms with Gasteiger partial charge in [-0.05, 0) is 24.1 Å². The van der Waals surface area contributed by atoms with Crippen LogP contribution < -0.4 is 10.6 Å². The summed E-state index contributed by atoms with van der Waals surface area (Å²) < 4.78 is 19.6. The molecule has 2 heterocycles. The van der Waals surface area contributed by atoms with E-state index in [4.69, 9.17) is 4.74 Å². The third kappa shape index (κ3) is 1.79. The number of carbonyl (C=O) groups is 1. The van der Waals surface area contributed by atoms with E-state index in [1.807, 2.05) is 6.07 Å². The van der Waals surface area contributed by atoms with E-state index in [1.165, 1.54) is 6.07 Å². The van der Waals surface area contributed by atoms with Gasteiger partial charge in [-0.3, -0.25) is 4.79 Å². The van der Waals surface area contributed by atoms with Gasteiger partial charge < -0.3 is 15.4 Å². The molecule has 1 aromatic carbocycles. The van der Waals surface area contributed by atoms with Gasteiger partial charge in [0.15, 0.2) is 0 Å². The van der Waals surface area contributed by atoms with Gasteiger partial charge in [0, 0.05) is 13.1 Å². The first-order valence-electron chi connectivity index (χ1n) is 6.13. The molecule has 2 unspecified atom stereocenters. The summed E-state index contributed by atoms with van der Waals surface area (Å²) in [4.78, 5) is 11.5. The van der Waals surface area contributed by atoms with Gasteiger partial charge in [0.05, 0.1) is 24.3 Å². The van der Waals surface area contributed by atoms with Crippen molar-refractivity contribution in [3.05, 3.63) is 29.1 Å². The van der Waals surface area contributed by atoms with Gasteiger partial charge in [-0.2, -0.15) is 0 Å². The van der Waals surface area contributed by atoms with Crippen LogP contribution >= 0.6 is 0 Å². The van der Waals surface area contributed by atoms with Crippen LogP contribution in [0.25, 0.3) is 0 Å². The Balaban J connectivity index is 1.98. The molecule has 2 N–H and O–H groups in total. The largest absolute Gasteiger partial charge is 0.371 e. The third-order valence-corrected chi connectivity index (χ3v) is 3.55. The van der Waals surface area contributed by atoms with E-state index in [9.17, 15) is 9.18 Å². The number of morpholine rings is 1. The number of rotatable bonds is 1. The molecule has 0 aromatic heterocycles. The van der Waals surface area contributed by atoms with E-state index in [1.54, 1.807) is 6.92 Å². The zero-order chi connectivity index (χ0) is 12.7. The molecule has 1 amide bonds. The molecule has 0 radical (unpaired) electrons. The van der Waals surface area contributed by atoms with Gasteiger partial charge in [-0.1, -0.05) is 6.07 Å². The lowest BCUT2D eigenvalue weighted by Crippen LogP contribution is -2.33. The summed E-state index contributed by atoms with van der Waals surface area (Å²) >= 11 is 0. The fraction of sp³-hybridized carbons (Fsp3) is 0.462. The van der Waals surface area contributed by atoms with Crippen molar-refractivity contribution in [1.29, 1.82) is 0 Å². The van der Waals surface area contributed by atoms with E-state index in [0.29, 0.717) is 18.8 Å². The molecule has 4 nitrogen and oxygen atoms in total. The van der Waals surface area contributed by atoms with Crippen LogP contribution in [0.15, 0.2) is 12.1 Å². The second-order valence-electron chi connectivity index (χ2n) is 4.74. The molecule has 0 aliphatic carbocycles. The van der Waals surface area contributed by atoms with Gasteiger partial charge >= 0.3 is 0 Å². The Bertz CT molecular complexity index is 498. The van der Waals surface area contributed by atoms with E-state index in [0.717, 1.165) is 17.7 Å². The van der Waals surface area contributed by atoms with Crippen LogP contribution in [0.5, 0.6) is 0 Å². The topological polar surface area (TPSA) is 50.4 Å². The van der Waals surface area contributed by atoms with Crippen LogP contribution in [-0.4, -0.2) is 25.6 Å². The molecule has 1 fully saturated rings. The van der Waals surface area contributed by atoms with Gasteiger partial charge in [0.25, 0.3) is 0 Å². The Kier molecular flexibility index (Phi) is 2.80. The van der Waals surface area contributed by atoms with Gasteiger partial charge in [0.1, 0.15) is 5.82 Å². The zero-order valence-electron chi connectivity index (χ0n) is 10.1. The number of anilines is 1. The number of halogens is 1. The van der Waals surface area contributed by atoms with Crippen LogP contribution in [0.2, 0.25) is 0 Å². The summed E-state index contributed by atoms with van der Waals surface area (Å²) in [5.74, 6) is -0.830.